The van der Waals surface area contributed by atoms with Crippen LogP contribution in [-0.2, 0) is 16.0 Å². The van der Waals surface area contributed by atoms with Crippen LogP contribution in [0.1, 0.15) is 37.3 Å². The summed E-state index contributed by atoms with van der Waals surface area (Å²) in [4.78, 5) is 27.2. The van der Waals surface area contributed by atoms with Crippen LogP contribution in [0.4, 0.5) is 0 Å². The number of carbonyl (C=O) groups excluding carboxylic acids is 1. The molecule has 0 bridgehead atoms. The largest absolute Gasteiger partial charge is 0.480 e. The van der Waals surface area contributed by atoms with Crippen LogP contribution in [-0.4, -0.2) is 34.4 Å². The van der Waals surface area contributed by atoms with Gasteiger partial charge in [-0.05, 0) is 38.3 Å². The van der Waals surface area contributed by atoms with Gasteiger partial charge in [0.25, 0.3) is 0 Å². The average Bonchev–Trinajstić information content (AvgIpc) is 3.00. The summed E-state index contributed by atoms with van der Waals surface area (Å²) >= 11 is 0. The molecule has 0 amide bonds. The monoisotopic (exact) mass is 358 g/mol. The number of rotatable bonds is 9. The zero-order valence-electron chi connectivity index (χ0n) is 15.7. The SMILES string of the molecule is Cc1cc(C)cc(-c2coc(C[C@H](N[C@H](C=O)CC(C)C)C(=O)O)n2)c1. The topological polar surface area (TPSA) is 92.4 Å². The number of carboxylic acid groups (broad SMARTS) is 1. The van der Waals surface area contributed by atoms with E-state index in [4.69, 9.17) is 4.42 Å². The first-order chi connectivity index (χ1) is 12.3. The molecule has 0 aliphatic heterocycles. The van der Waals surface area contributed by atoms with Crippen molar-refractivity contribution < 1.29 is 19.1 Å². The van der Waals surface area contributed by atoms with Gasteiger partial charge in [-0.25, -0.2) is 4.98 Å². The lowest BCUT2D eigenvalue weighted by molar-refractivity contribution is -0.139. The summed E-state index contributed by atoms with van der Waals surface area (Å²) < 4.78 is 5.47. The lowest BCUT2D eigenvalue weighted by Gasteiger charge is -2.19. The predicted molar refractivity (Wildman–Crippen MR) is 99.0 cm³/mol. The molecule has 0 saturated heterocycles. The summed E-state index contributed by atoms with van der Waals surface area (Å²) in [7, 11) is 0. The molecule has 1 aromatic carbocycles. The lowest BCUT2D eigenvalue weighted by atomic mass is 10.0. The smallest absolute Gasteiger partial charge is 0.321 e. The van der Waals surface area contributed by atoms with Gasteiger partial charge in [-0.3, -0.25) is 10.1 Å². The maximum atomic E-state index is 11.6. The second kappa shape index (κ2) is 8.76. The minimum absolute atomic E-state index is 0.0720. The Kier molecular flexibility index (Phi) is 6.69. The minimum atomic E-state index is -1.04. The van der Waals surface area contributed by atoms with Gasteiger partial charge in [0.05, 0.1) is 12.5 Å². The molecule has 140 valence electrons. The second-order valence-corrected chi connectivity index (χ2v) is 7.14. The molecule has 6 heteroatoms. The molecule has 1 heterocycles. The molecular weight excluding hydrogens is 332 g/mol. The van der Waals surface area contributed by atoms with E-state index in [-0.39, 0.29) is 12.3 Å². The van der Waals surface area contributed by atoms with Crippen LogP contribution in [0.25, 0.3) is 11.3 Å². The zero-order chi connectivity index (χ0) is 19.3. The van der Waals surface area contributed by atoms with Crippen LogP contribution in [0.3, 0.4) is 0 Å². The molecule has 26 heavy (non-hydrogen) atoms. The van der Waals surface area contributed by atoms with Gasteiger partial charge in [0.15, 0.2) is 5.89 Å². The summed E-state index contributed by atoms with van der Waals surface area (Å²) in [6.07, 6.45) is 2.94. The number of aromatic nitrogens is 1. The number of aldehydes is 1. The fraction of sp³-hybridized carbons (Fsp3) is 0.450. The van der Waals surface area contributed by atoms with Crippen molar-refractivity contribution in [3.8, 4) is 11.3 Å². The van der Waals surface area contributed by atoms with Gasteiger partial charge in [0, 0.05) is 5.56 Å². The number of oxazole rings is 1. The highest BCUT2D eigenvalue weighted by Gasteiger charge is 2.24. The van der Waals surface area contributed by atoms with E-state index >= 15 is 0 Å². The highest BCUT2D eigenvalue weighted by molar-refractivity contribution is 5.74. The van der Waals surface area contributed by atoms with Gasteiger partial charge in [-0.15, -0.1) is 0 Å². The minimum Gasteiger partial charge on any atom is -0.480 e. The van der Waals surface area contributed by atoms with Gasteiger partial charge in [0.2, 0.25) is 0 Å². The summed E-state index contributed by atoms with van der Waals surface area (Å²) in [5.74, 6) is -0.426. The Morgan fingerprint density at radius 2 is 1.92 bits per heavy atom. The Hall–Kier alpha value is -2.47. The maximum absolute atomic E-state index is 11.6. The molecule has 1 aromatic heterocycles. The van der Waals surface area contributed by atoms with Crippen molar-refractivity contribution in [2.75, 3.05) is 0 Å². The van der Waals surface area contributed by atoms with Crippen LogP contribution in [0.2, 0.25) is 0 Å². The van der Waals surface area contributed by atoms with Crippen molar-refractivity contribution in [2.45, 2.75) is 52.6 Å². The van der Waals surface area contributed by atoms with Crippen molar-refractivity contribution in [1.82, 2.24) is 10.3 Å². The van der Waals surface area contributed by atoms with E-state index in [0.29, 0.717) is 18.0 Å². The summed E-state index contributed by atoms with van der Waals surface area (Å²) in [5, 5.41) is 12.3. The molecule has 0 aliphatic rings. The Morgan fingerprint density at radius 3 is 2.46 bits per heavy atom. The second-order valence-electron chi connectivity index (χ2n) is 7.14. The van der Waals surface area contributed by atoms with Crippen molar-refractivity contribution in [1.29, 1.82) is 0 Å². The first-order valence-electron chi connectivity index (χ1n) is 8.75. The van der Waals surface area contributed by atoms with Gasteiger partial charge in [-0.2, -0.15) is 0 Å². The van der Waals surface area contributed by atoms with E-state index < -0.39 is 18.1 Å². The summed E-state index contributed by atoms with van der Waals surface area (Å²) in [5.41, 5.74) is 3.85. The standard InChI is InChI=1S/C20H26N2O4/c1-12(2)5-16(10-23)21-17(20(24)25)9-19-22-18(11-26-19)15-7-13(3)6-14(4)8-15/h6-8,10-12,16-17,21H,5,9H2,1-4H3,(H,24,25)/t16-,17-/m0/s1. The third-order valence-corrected chi connectivity index (χ3v) is 4.05. The Bertz CT molecular complexity index is 747. The number of hydrogen-bond acceptors (Lipinski definition) is 5. The van der Waals surface area contributed by atoms with Gasteiger partial charge in [-0.1, -0.05) is 31.0 Å². The van der Waals surface area contributed by atoms with E-state index in [0.717, 1.165) is 23.0 Å². The number of nitrogens with one attached hydrogen (secondary N) is 1. The highest BCUT2D eigenvalue weighted by atomic mass is 16.4. The summed E-state index contributed by atoms with van der Waals surface area (Å²) in [6.45, 7) is 7.99. The van der Waals surface area contributed by atoms with E-state index in [9.17, 15) is 14.7 Å². The molecule has 0 aliphatic carbocycles. The van der Waals surface area contributed by atoms with Crippen molar-refractivity contribution in [2.24, 2.45) is 5.92 Å². The molecular formula is C20H26N2O4. The van der Waals surface area contributed by atoms with Crippen LogP contribution in [0, 0.1) is 19.8 Å². The van der Waals surface area contributed by atoms with Crippen LogP contribution in [0.15, 0.2) is 28.9 Å². The number of carboxylic acids is 1. The first kappa shape index (κ1) is 19.8. The lowest BCUT2D eigenvalue weighted by Crippen LogP contribution is -2.46. The molecule has 0 unspecified atom stereocenters. The molecule has 2 N–H and O–H groups in total. The molecule has 0 radical (unpaired) electrons. The Balaban J connectivity index is 2.13. The van der Waals surface area contributed by atoms with Crippen LogP contribution in [0.5, 0.6) is 0 Å². The van der Waals surface area contributed by atoms with E-state index in [2.05, 4.69) is 16.4 Å². The fourth-order valence-corrected chi connectivity index (χ4v) is 2.98. The quantitative estimate of drug-likeness (QED) is 0.669. The van der Waals surface area contributed by atoms with Gasteiger partial charge >= 0.3 is 5.97 Å². The molecule has 2 rings (SSSR count). The van der Waals surface area contributed by atoms with Crippen molar-refractivity contribution in [3.05, 3.63) is 41.5 Å². The molecule has 6 nitrogen and oxygen atoms in total. The van der Waals surface area contributed by atoms with Crippen molar-refractivity contribution >= 4 is 12.3 Å². The normalized spacial score (nSPS) is 13.6. The third kappa shape index (κ3) is 5.52. The fourth-order valence-electron chi connectivity index (χ4n) is 2.98. The highest BCUT2D eigenvalue weighted by Crippen LogP contribution is 2.22. The van der Waals surface area contributed by atoms with E-state index in [1.165, 1.54) is 6.26 Å². The van der Waals surface area contributed by atoms with Crippen LogP contribution < -0.4 is 5.32 Å². The molecule has 0 fully saturated rings. The van der Waals surface area contributed by atoms with E-state index in [1.807, 2.05) is 39.8 Å². The number of carbonyl (C=O) groups is 2. The van der Waals surface area contributed by atoms with Crippen LogP contribution >= 0.6 is 0 Å². The molecule has 0 saturated carbocycles. The maximum Gasteiger partial charge on any atom is 0.321 e. The zero-order valence-corrected chi connectivity index (χ0v) is 15.7. The number of hydrogen-bond donors (Lipinski definition) is 2. The molecule has 2 atom stereocenters. The molecule has 2 aromatic rings. The average molecular weight is 358 g/mol. The molecule has 0 spiro atoms. The first-order valence-corrected chi connectivity index (χ1v) is 8.75. The Morgan fingerprint density at radius 1 is 1.27 bits per heavy atom. The Labute approximate surface area is 153 Å². The van der Waals surface area contributed by atoms with Crippen molar-refractivity contribution in [3.63, 3.8) is 0 Å². The summed E-state index contributed by atoms with van der Waals surface area (Å²) in [6, 6.07) is 4.64. The number of aliphatic carboxylic acids is 1. The van der Waals surface area contributed by atoms with Gasteiger partial charge in [0.1, 0.15) is 24.3 Å². The number of benzene rings is 1. The predicted octanol–water partition coefficient (Wildman–Crippen LogP) is 3.16. The number of aryl methyl sites for hydroxylation is 2. The number of nitrogens with zero attached hydrogens (tertiary/aromatic N) is 1. The van der Waals surface area contributed by atoms with Gasteiger partial charge < -0.3 is 14.3 Å². The van der Waals surface area contributed by atoms with E-state index in [1.54, 1.807) is 0 Å². The third-order valence-electron chi connectivity index (χ3n) is 4.05.